The maximum absolute atomic E-state index is 13.7. The van der Waals surface area contributed by atoms with E-state index in [0.717, 1.165) is 0 Å². The number of nitrogens with zero attached hydrogens (tertiary/aromatic N) is 3. The van der Waals surface area contributed by atoms with Crippen LogP contribution in [0.5, 0.6) is 0 Å². The van der Waals surface area contributed by atoms with E-state index in [-0.39, 0.29) is 17.5 Å². The number of esters is 1. The third-order valence-corrected chi connectivity index (χ3v) is 2.51. The molecule has 0 N–H and O–H groups in total. The van der Waals surface area contributed by atoms with Crippen molar-refractivity contribution < 1.29 is 13.9 Å². The standard InChI is InChI=1S/C13H14FN3O2/c1-8(2)19-13(18)12-9(3)17(16-15-12)11-7-5-4-6-10(11)14/h4-8H,1-3H3. The Morgan fingerprint density at radius 1 is 1.37 bits per heavy atom. The third kappa shape index (κ3) is 2.62. The summed E-state index contributed by atoms with van der Waals surface area (Å²) >= 11 is 0. The third-order valence-electron chi connectivity index (χ3n) is 2.51. The van der Waals surface area contributed by atoms with Crippen molar-refractivity contribution in [1.29, 1.82) is 0 Å². The molecule has 0 unspecified atom stereocenters. The van der Waals surface area contributed by atoms with Crippen molar-refractivity contribution in [2.45, 2.75) is 26.9 Å². The van der Waals surface area contributed by atoms with Gasteiger partial charge in [-0.15, -0.1) is 5.10 Å². The van der Waals surface area contributed by atoms with Crippen LogP contribution in [0.25, 0.3) is 5.69 Å². The minimum Gasteiger partial charge on any atom is -0.458 e. The summed E-state index contributed by atoms with van der Waals surface area (Å²) in [5, 5.41) is 7.56. The molecule has 0 saturated carbocycles. The molecule has 19 heavy (non-hydrogen) atoms. The second kappa shape index (κ2) is 5.17. The highest BCUT2D eigenvalue weighted by Crippen LogP contribution is 2.16. The molecule has 2 aromatic rings. The first-order valence-electron chi connectivity index (χ1n) is 5.89. The Kier molecular flexibility index (Phi) is 3.59. The van der Waals surface area contributed by atoms with Crippen molar-refractivity contribution in [2.24, 2.45) is 0 Å². The Labute approximate surface area is 110 Å². The fourth-order valence-electron chi connectivity index (χ4n) is 1.64. The van der Waals surface area contributed by atoms with Gasteiger partial charge in [0, 0.05) is 0 Å². The Balaban J connectivity index is 2.39. The van der Waals surface area contributed by atoms with E-state index in [9.17, 15) is 9.18 Å². The lowest BCUT2D eigenvalue weighted by Crippen LogP contribution is -2.13. The summed E-state index contributed by atoms with van der Waals surface area (Å²) in [6, 6.07) is 6.15. The summed E-state index contributed by atoms with van der Waals surface area (Å²) in [6.45, 7) is 5.13. The van der Waals surface area contributed by atoms with Crippen LogP contribution in [0, 0.1) is 12.7 Å². The number of carbonyl (C=O) groups is 1. The van der Waals surface area contributed by atoms with Crippen LogP contribution in [0.2, 0.25) is 0 Å². The normalized spacial score (nSPS) is 10.8. The van der Waals surface area contributed by atoms with Crippen LogP contribution < -0.4 is 0 Å². The molecule has 0 spiro atoms. The zero-order valence-electron chi connectivity index (χ0n) is 10.9. The van der Waals surface area contributed by atoms with Gasteiger partial charge < -0.3 is 4.74 Å². The Morgan fingerprint density at radius 3 is 2.68 bits per heavy atom. The van der Waals surface area contributed by atoms with Gasteiger partial charge in [0.15, 0.2) is 5.69 Å². The van der Waals surface area contributed by atoms with Gasteiger partial charge >= 0.3 is 5.97 Å². The first kappa shape index (κ1) is 13.2. The molecule has 100 valence electrons. The van der Waals surface area contributed by atoms with E-state index in [4.69, 9.17) is 4.74 Å². The molecule has 0 aliphatic heterocycles. The molecule has 0 bridgehead atoms. The number of halogens is 1. The summed E-state index contributed by atoms with van der Waals surface area (Å²) in [5.74, 6) is -0.991. The van der Waals surface area contributed by atoms with Crippen molar-refractivity contribution >= 4 is 5.97 Å². The molecule has 2 rings (SSSR count). The molecule has 1 aromatic carbocycles. The minimum atomic E-state index is -0.560. The lowest BCUT2D eigenvalue weighted by Gasteiger charge is -2.07. The maximum atomic E-state index is 13.7. The van der Waals surface area contributed by atoms with E-state index in [2.05, 4.69) is 10.3 Å². The van der Waals surface area contributed by atoms with Crippen LogP contribution in [0.3, 0.4) is 0 Å². The van der Waals surface area contributed by atoms with Crippen LogP contribution in [-0.2, 0) is 4.74 Å². The predicted molar refractivity (Wildman–Crippen MR) is 66.6 cm³/mol. The van der Waals surface area contributed by atoms with Gasteiger partial charge in [-0.2, -0.15) is 0 Å². The molecular weight excluding hydrogens is 249 g/mol. The second-order valence-electron chi connectivity index (χ2n) is 4.34. The number of aromatic nitrogens is 3. The molecule has 0 amide bonds. The van der Waals surface area contributed by atoms with E-state index in [0.29, 0.717) is 5.69 Å². The SMILES string of the molecule is Cc1c(C(=O)OC(C)C)nnn1-c1ccccc1F. The Hall–Kier alpha value is -2.24. The average molecular weight is 263 g/mol. The highest BCUT2D eigenvalue weighted by Gasteiger charge is 2.20. The maximum Gasteiger partial charge on any atom is 0.361 e. The molecular formula is C13H14FN3O2. The fraction of sp³-hybridized carbons (Fsp3) is 0.308. The number of para-hydroxylation sites is 1. The molecule has 1 aromatic heterocycles. The topological polar surface area (TPSA) is 57.0 Å². The van der Waals surface area contributed by atoms with Crippen molar-refractivity contribution in [3.05, 3.63) is 41.5 Å². The van der Waals surface area contributed by atoms with E-state index in [1.54, 1.807) is 39.0 Å². The van der Waals surface area contributed by atoms with Crippen LogP contribution in [0.1, 0.15) is 30.0 Å². The van der Waals surface area contributed by atoms with Gasteiger partial charge in [0.25, 0.3) is 0 Å². The summed E-state index contributed by atoms with van der Waals surface area (Å²) in [6.07, 6.45) is -0.245. The smallest absolute Gasteiger partial charge is 0.361 e. The number of benzene rings is 1. The van der Waals surface area contributed by atoms with E-state index < -0.39 is 11.8 Å². The van der Waals surface area contributed by atoms with Gasteiger partial charge in [0.2, 0.25) is 0 Å². The number of rotatable bonds is 3. The first-order chi connectivity index (χ1) is 9.00. The molecule has 0 aliphatic carbocycles. The predicted octanol–water partition coefficient (Wildman–Crippen LogP) is 2.28. The van der Waals surface area contributed by atoms with E-state index in [1.165, 1.54) is 10.7 Å². The molecule has 5 nitrogen and oxygen atoms in total. The number of carbonyl (C=O) groups excluding carboxylic acids is 1. The van der Waals surface area contributed by atoms with E-state index >= 15 is 0 Å². The van der Waals surface area contributed by atoms with Gasteiger partial charge in [-0.05, 0) is 32.9 Å². The summed E-state index contributed by atoms with van der Waals surface area (Å²) in [7, 11) is 0. The first-order valence-corrected chi connectivity index (χ1v) is 5.89. The van der Waals surface area contributed by atoms with Crippen LogP contribution >= 0.6 is 0 Å². The van der Waals surface area contributed by atoms with Crippen LogP contribution in [0.15, 0.2) is 24.3 Å². The molecule has 6 heteroatoms. The van der Waals surface area contributed by atoms with Crippen LogP contribution in [0.4, 0.5) is 4.39 Å². The number of hydrogen-bond acceptors (Lipinski definition) is 4. The largest absolute Gasteiger partial charge is 0.458 e. The summed E-state index contributed by atoms with van der Waals surface area (Å²) in [4.78, 5) is 11.8. The lowest BCUT2D eigenvalue weighted by atomic mass is 10.3. The Bertz CT molecular complexity index is 608. The number of ether oxygens (including phenoxy) is 1. The zero-order valence-corrected chi connectivity index (χ0v) is 10.9. The summed E-state index contributed by atoms with van der Waals surface area (Å²) < 4.78 is 20.0. The van der Waals surface area contributed by atoms with Gasteiger partial charge in [-0.25, -0.2) is 13.9 Å². The Morgan fingerprint density at radius 2 is 2.05 bits per heavy atom. The molecule has 0 fully saturated rings. The van der Waals surface area contributed by atoms with Gasteiger partial charge in [0.05, 0.1) is 11.8 Å². The van der Waals surface area contributed by atoms with Crippen molar-refractivity contribution in [3.8, 4) is 5.69 Å². The van der Waals surface area contributed by atoms with Crippen molar-refractivity contribution in [3.63, 3.8) is 0 Å². The van der Waals surface area contributed by atoms with Crippen LogP contribution in [-0.4, -0.2) is 27.1 Å². The van der Waals surface area contributed by atoms with E-state index in [1.807, 2.05) is 0 Å². The number of hydrogen-bond donors (Lipinski definition) is 0. The molecule has 0 aliphatic rings. The molecule has 0 saturated heterocycles. The van der Waals surface area contributed by atoms with Gasteiger partial charge in [-0.3, -0.25) is 0 Å². The highest BCUT2D eigenvalue weighted by molar-refractivity contribution is 5.88. The minimum absolute atomic E-state index is 0.0944. The van der Waals surface area contributed by atoms with Crippen molar-refractivity contribution in [1.82, 2.24) is 15.0 Å². The molecule has 0 atom stereocenters. The highest BCUT2D eigenvalue weighted by atomic mass is 19.1. The van der Waals surface area contributed by atoms with Gasteiger partial charge in [0.1, 0.15) is 11.5 Å². The monoisotopic (exact) mass is 263 g/mol. The summed E-state index contributed by atoms with van der Waals surface area (Å²) in [5.41, 5.74) is 0.781. The molecule has 1 heterocycles. The average Bonchev–Trinajstić information content (AvgIpc) is 2.71. The molecule has 0 radical (unpaired) electrons. The second-order valence-corrected chi connectivity index (χ2v) is 4.34. The fourth-order valence-corrected chi connectivity index (χ4v) is 1.64. The van der Waals surface area contributed by atoms with Gasteiger partial charge in [-0.1, -0.05) is 17.3 Å². The quantitative estimate of drug-likeness (QED) is 0.797. The lowest BCUT2D eigenvalue weighted by molar-refractivity contribution is 0.0370. The zero-order chi connectivity index (χ0) is 14.0. The van der Waals surface area contributed by atoms with Crippen molar-refractivity contribution in [2.75, 3.05) is 0 Å².